The van der Waals surface area contributed by atoms with Crippen LogP contribution in [0, 0.1) is 13.8 Å². The van der Waals surface area contributed by atoms with E-state index in [4.69, 9.17) is 9.47 Å². The van der Waals surface area contributed by atoms with Crippen LogP contribution in [0.1, 0.15) is 22.5 Å². The van der Waals surface area contributed by atoms with Crippen LogP contribution >= 0.6 is 0 Å². The van der Waals surface area contributed by atoms with Gasteiger partial charge in [0.05, 0.1) is 23.0 Å². The minimum atomic E-state index is -0.706. The molecule has 1 atom stereocenters. The number of fused-ring (bicyclic) bond motifs is 4. The molecule has 7 heterocycles. The van der Waals surface area contributed by atoms with Gasteiger partial charge in [-0.3, -0.25) is 0 Å². The first-order valence-corrected chi connectivity index (χ1v) is 14.6. The summed E-state index contributed by atoms with van der Waals surface area (Å²) in [6, 6.07) is 38.3. The molecule has 1 unspecified atom stereocenters. The molecule has 43 heavy (non-hydrogen) atoms. The molecule has 10 rings (SSSR count). The molecule has 0 radical (unpaired) electrons. The van der Waals surface area contributed by atoms with Crippen molar-refractivity contribution in [3.63, 3.8) is 0 Å². The predicted octanol–water partition coefficient (Wildman–Crippen LogP) is 7.08. The van der Waals surface area contributed by atoms with Gasteiger partial charge >= 0.3 is 11.5 Å². The van der Waals surface area contributed by atoms with Gasteiger partial charge in [-0.25, -0.2) is 0 Å². The summed E-state index contributed by atoms with van der Waals surface area (Å²) in [5.74, 6) is 3.29. The number of hydrogen-bond acceptors (Lipinski definition) is 2. The van der Waals surface area contributed by atoms with E-state index in [1.807, 2.05) is 30.3 Å². The minimum Gasteiger partial charge on any atom is -0.455 e. The summed E-state index contributed by atoms with van der Waals surface area (Å²) in [7, 11) is 0. The first-order valence-electron chi connectivity index (χ1n) is 14.6. The normalized spacial score (nSPS) is 16.6. The zero-order valence-electron chi connectivity index (χ0n) is 23.7. The topological polar surface area (TPSA) is 35.6 Å². The average Bonchev–Trinajstić information content (AvgIpc) is 3.68. The Morgan fingerprint density at radius 1 is 0.651 bits per heavy atom. The Kier molecular flexibility index (Phi) is 4.17. The lowest BCUT2D eigenvalue weighted by Gasteiger charge is -2.31. The van der Waals surface area contributed by atoms with Crippen LogP contribution in [-0.2, 0) is 5.66 Å². The summed E-state index contributed by atoms with van der Waals surface area (Å²) in [6.45, 7) is 4.47. The monoisotopic (exact) mass is 558 g/mol. The number of ether oxygens (including phenoxy) is 2. The van der Waals surface area contributed by atoms with Crippen molar-refractivity contribution in [3.05, 3.63) is 144 Å². The summed E-state index contributed by atoms with van der Waals surface area (Å²) in [4.78, 5) is 0. The van der Waals surface area contributed by atoms with Crippen molar-refractivity contribution >= 4 is 5.52 Å². The standard InChI is InChI=1S/C37H26N4O2/c1-23-34(26-17-15-25(16-18-26)28-20-19-27-9-3-5-21-38(27)28)24(2)41-37-35-29(40(23)41)10-7-11-30(35)42-31-12-8-13-32(36(31)37)43-33-14-4-6-22-39(33)37/h3-22H,1-2H3/q+2. The second-order valence-corrected chi connectivity index (χ2v) is 11.5. The van der Waals surface area contributed by atoms with Gasteiger partial charge in [0.1, 0.15) is 17.2 Å². The lowest BCUT2D eigenvalue weighted by molar-refractivity contribution is -0.999. The Balaban J connectivity index is 1.25. The van der Waals surface area contributed by atoms with Crippen LogP contribution in [0.4, 0.5) is 0 Å². The fourth-order valence-corrected chi connectivity index (χ4v) is 7.81. The van der Waals surface area contributed by atoms with E-state index in [0.717, 1.165) is 39.9 Å². The highest BCUT2D eigenvalue weighted by molar-refractivity contribution is 5.75. The van der Waals surface area contributed by atoms with Gasteiger partial charge in [-0.05, 0) is 77.3 Å². The van der Waals surface area contributed by atoms with Crippen molar-refractivity contribution in [2.45, 2.75) is 19.5 Å². The maximum absolute atomic E-state index is 6.58. The van der Waals surface area contributed by atoms with Gasteiger partial charge in [0.2, 0.25) is 5.69 Å². The summed E-state index contributed by atoms with van der Waals surface area (Å²) in [5.41, 5.74) is 10.9. The number of nitrogens with zero attached hydrogens (tertiary/aromatic N) is 4. The summed E-state index contributed by atoms with van der Waals surface area (Å²) in [6.07, 6.45) is 4.25. The van der Waals surface area contributed by atoms with Crippen molar-refractivity contribution in [3.8, 4) is 51.2 Å². The van der Waals surface area contributed by atoms with Crippen molar-refractivity contribution in [2.24, 2.45) is 0 Å². The van der Waals surface area contributed by atoms with E-state index in [0.29, 0.717) is 0 Å². The van der Waals surface area contributed by atoms with Crippen LogP contribution in [0.2, 0.25) is 0 Å². The predicted molar refractivity (Wildman–Crippen MR) is 162 cm³/mol. The van der Waals surface area contributed by atoms with E-state index in [1.165, 1.54) is 39.3 Å². The van der Waals surface area contributed by atoms with Crippen LogP contribution in [-0.4, -0.2) is 9.08 Å². The van der Waals surface area contributed by atoms with Crippen molar-refractivity contribution in [1.82, 2.24) is 9.08 Å². The maximum atomic E-state index is 6.58. The van der Waals surface area contributed by atoms with Crippen LogP contribution in [0.5, 0.6) is 23.1 Å². The second kappa shape index (κ2) is 7.81. The van der Waals surface area contributed by atoms with Crippen molar-refractivity contribution < 1.29 is 18.7 Å². The van der Waals surface area contributed by atoms with Gasteiger partial charge in [0.25, 0.3) is 0 Å². The molecule has 0 aliphatic carbocycles. The Morgan fingerprint density at radius 3 is 2.26 bits per heavy atom. The van der Waals surface area contributed by atoms with Gasteiger partial charge < -0.3 is 13.9 Å². The molecule has 1 spiro atoms. The zero-order chi connectivity index (χ0) is 28.4. The van der Waals surface area contributed by atoms with E-state index < -0.39 is 5.66 Å². The van der Waals surface area contributed by atoms with Gasteiger partial charge in [0.15, 0.2) is 23.1 Å². The minimum absolute atomic E-state index is 0.706. The summed E-state index contributed by atoms with van der Waals surface area (Å²) < 4.78 is 22.4. The van der Waals surface area contributed by atoms with Crippen molar-refractivity contribution in [1.29, 1.82) is 0 Å². The largest absolute Gasteiger partial charge is 0.455 e. The van der Waals surface area contributed by atoms with E-state index in [9.17, 15) is 0 Å². The maximum Gasteiger partial charge on any atom is 0.452 e. The Labute approximate surface area is 247 Å². The smallest absolute Gasteiger partial charge is 0.452 e. The van der Waals surface area contributed by atoms with E-state index in [-0.39, 0.29) is 0 Å². The molecule has 0 bridgehead atoms. The molecule has 0 amide bonds. The molecule has 0 saturated carbocycles. The fourth-order valence-electron chi connectivity index (χ4n) is 7.81. The summed E-state index contributed by atoms with van der Waals surface area (Å²) >= 11 is 0. The molecule has 204 valence electrons. The molecule has 3 aliphatic heterocycles. The van der Waals surface area contributed by atoms with Gasteiger partial charge in [0, 0.05) is 24.7 Å². The molecule has 7 aromatic rings. The first-order chi connectivity index (χ1) is 21.2. The molecule has 3 aromatic carbocycles. The highest BCUT2D eigenvalue weighted by Gasteiger charge is 2.72. The lowest BCUT2D eigenvalue weighted by Crippen LogP contribution is -2.76. The second-order valence-electron chi connectivity index (χ2n) is 11.5. The summed E-state index contributed by atoms with van der Waals surface area (Å²) in [5, 5.41) is 0. The van der Waals surface area contributed by atoms with Gasteiger partial charge in [-0.2, -0.15) is 0 Å². The molecular weight excluding hydrogens is 532 g/mol. The Bertz CT molecular complexity index is 2310. The van der Waals surface area contributed by atoms with Gasteiger partial charge in [-0.15, -0.1) is 4.68 Å². The number of pyridine rings is 2. The van der Waals surface area contributed by atoms with Crippen LogP contribution in [0.25, 0.3) is 33.6 Å². The third-order valence-electron chi connectivity index (χ3n) is 9.42. The average molecular weight is 559 g/mol. The van der Waals surface area contributed by atoms with Crippen LogP contribution < -0.4 is 18.7 Å². The third kappa shape index (κ3) is 2.65. The first kappa shape index (κ1) is 23.0. The van der Waals surface area contributed by atoms with Crippen LogP contribution in [0.3, 0.4) is 0 Å². The molecule has 6 heteroatoms. The molecule has 0 saturated heterocycles. The quantitative estimate of drug-likeness (QED) is 0.213. The van der Waals surface area contributed by atoms with Gasteiger partial charge in [-0.1, -0.05) is 47.0 Å². The van der Waals surface area contributed by atoms with E-state index in [2.05, 4.69) is 123 Å². The van der Waals surface area contributed by atoms with Crippen molar-refractivity contribution in [2.75, 3.05) is 0 Å². The highest BCUT2D eigenvalue weighted by Crippen LogP contribution is 2.56. The number of rotatable bonds is 2. The van der Waals surface area contributed by atoms with E-state index in [1.54, 1.807) is 0 Å². The SMILES string of the molecule is Cc1c(-c2ccc(-c3ccc4ccccn34)cc2)c(C)[n+]2n1-c1cccc3c1C21c2c(cccc2Oc2cccc[n+]21)O3. The zero-order valence-corrected chi connectivity index (χ0v) is 23.7. The number of benzene rings is 3. The number of aromatic nitrogens is 4. The van der Waals surface area contributed by atoms with E-state index >= 15 is 0 Å². The molecule has 0 N–H and O–H groups in total. The lowest BCUT2D eigenvalue weighted by atomic mass is 9.85. The molecule has 4 aromatic heterocycles. The molecule has 6 nitrogen and oxygen atoms in total. The van der Waals surface area contributed by atoms with Crippen LogP contribution in [0.15, 0.2) is 122 Å². The number of hydrogen-bond donors (Lipinski definition) is 0. The highest BCUT2D eigenvalue weighted by atomic mass is 16.5. The Hall–Kier alpha value is -5.62. The third-order valence-corrected chi connectivity index (χ3v) is 9.42. The molecule has 3 aliphatic rings. The Morgan fingerprint density at radius 2 is 1.40 bits per heavy atom. The molecular formula is C37H26N4O2+2. The molecule has 0 fully saturated rings. The fraction of sp³-hybridized carbons (Fsp3) is 0.0811.